The third kappa shape index (κ3) is 4.11. The SMILES string of the molecule is CC(C)Sc1ccccc1C(=O)Nc1cccc(C(N)=O)c1. The Bertz CT molecular complexity index is 699. The van der Waals surface area contributed by atoms with Gasteiger partial charge in [-0.3, -0.25) is 9.59 Å². The van der Waals surface area contributed by atoms with E-state index >= 15 is 0 Å². The standard InChI is InChI=1S/C17H18N2O2S/c1-11(2)22-15-9-4-3-8-14(15)17(21)19-13-7-5-6-12(10-13)16(18)20/h3-11H,1-2H3,(H2,18,20)(H,19,21). The van der Waals surface area contributed by atoms with Gasteiger partial charge in [0.1, 0.15) is 0 Å². The topological polar surface area (TPSA) is 72.2 Å². The number of amides is 2. The Balaban J connectivity index is 2.22. The van der Waals surface area contributed by atoms with Gasteiger partial charge in [0.25, 0.3) is 5.91 Å². The van der Waals surface area contributed by atoms with Crippen LogP contribution in [-0.2, 0) is 0 Å². The molecule has 0 aliphatic rings. The molecular weight excluding hydrogens is 296 g/mol. The Labute approximate surface area is 134 Å². The van der Waals surface area contributed by atoms with Crippen molar-refractivity contribution in [1.29, 1.82) is 0 Å². The Morgan fingerprint density at radius 3 is 2.50 bits per heavy atom. The van der Waals surface area contributed by atoms with E-state index in [-0.39, 0.29) is 5.91 Å². The Hall–Kier alpha value is -2.27. The second-order valence-electron chi connectivity index (χ2n) is 5.06. The van der Waals surface area contributed by atoms with Crippen molar-refractivity contribution in [2.45, 2.75) is 24.0 Å². The van der Waals surface area contributed by atoms with E-state index in [1.165, 1.54) is 0 Å². The van der Waals surface area contributed by atoms with Crippen molar-refractivity contribution in [3.05, 3.63) is 59.7 Å². The molecule has 0 spiro atoms. The lowest BCUT2D eigenvalue weighted by Gasteiger charge is -2.11. The summed E-state index contributed by atoms with van der Waals surface area (Å²) in [7, 11) is 0. The van der Waals surface area contributed by atoms with Gasteiger partial charge in [0, 0.05) is 21.4 Å². The van der Waals surface area contributed by atoms with Gasteiger partial charge in [-0.15, -0.1) is 11.8 Å². The van der Waals surface area contributed by atoms with Gasteiger partial charge in [0.05, 0.1) is 5.56 Å². The summed E-state index contributed by atoms with van der Waals surface area (Å²) in [6, 6.07) is 14.1. The lowest BCUT2D eigenvalue weighted by molar-refractivity contribution is 0.0995. The maximum Gasteiger partial charge on any atom is 0.256 e. The van der Waals surface area contributed by atoms with Gasteiger partial charge in [-0.05, 0) is 30.3 Å². The Kier molecular flexibility index (Phi) is 5.22. The van der Waals surface area contributed by atoms with Crippen molar-refractivity contribution in [3.8, 4) is 0 Å². The summed E-state index contributed by atoms with van der Waals surface area (Å²) < 4.78 is 0. The molecule has 0 aliphatic heterocycles. The van der Waals surface area contributed by atoms with Crippen LogP contribution in [-0.4, -0.2) is 17.1 Å². The van der Waals surface area contributed by atoms with Crippen molar-refractivity contribution in [1.82, 2.24) is 0 Å². The monoisotopic (exact) mass is 314 g/mol. The summed E-state index contributed by atoms with van der Waals surface area (Å²) in [5, 5.41) is 3.19. The lowest BCUT2D eigenvalue weighted by Crippen LogP contribution is -2.15. The smallest absolute Gasteiger partial charge is 0.256 e. The van der Waals surface area contributed by atoms with Crippen LogP contribution in [0.1, 0.15) is 34.6 Å². The zero-order valence-corrected chi connectivity index (χ0v) is 13.3. The number of hydrogen-bond acceptors (Lipinski definition) is 3. The predicted molar refractivity (Wildman–Crippen MR) is 90.3 cm³/mol. The molecule has 0 aliphatic carbocycles. The largest absolute Gasteiger partial charge is 0.366 e. The first-order valence-corrected chi connectivity index (χ1v) is 7.82. The molecule has 0 aromatic heterocycles. The van der Waals surface area contributed by atoms with E-state index < -0.39 is 5.91 Å². The number of hydrogen-bond donors (Lipinski definition) is 2. The molecule has 0 radical (unpaired) electrons. The molecule has 2 aromatic carbocycles. The molecule has 0 atom stereocenters. The minimum Gasteiger partial charge on any atom is -0.366 e. The van der Waals surface area contributed by atoms with Crippen LogP contribution in [0.5, 0.6) is 0 Å². The summed E-state index contributed by atoms with van der Waals surface area (Å²) in [5.41, 5.74) is 6.78. The van der Waals surface area contributed by atoms with Crippen LogP contribution in [0, 0.1) is 0 Å². The molecular formula is C17H18N2O2S. The predicted octanol–water partition coefficient (Wildman–Crippen LogP) is 3.54. The van der Waals surface area contributed by atoms with Crippen LogP contribution in [0.4, 0.5) is 5.69 Å². The molecule has 2 aromatic rings. The van der Waals surface area contributed by atoms with Crippen molar-refractivity contribution in [2.75, 3.05) is 5.32 Å². The van der Waals surface area contributed by atoms with E-state index in [1.54, 1.807) is 42.1 Å². The Morgan fingerprint density at radius 2 is 1.82 bits per heavy atom. The molecule has 2 amide bonds. The average molecular weight is 314 g/mol. The average Bonchev–Trinajstić information content (AvgIpc) is 2.47. The zero-order valence-electron chi connectivity index (χ0n) is 12.5. The normalized spacial score (nSPS) is 10.5. The third-order valence-electron chi connectivity index (χ3n) is 2.90. The van der Waals surface area contributed by atoms with Crippen LogP contribution in [0.3, 0.4) is 0 Å². The number of rotatable bonds is 5. The van der Waals surface area contributed by atoms with Gasteiger partial charge in [-0.25, -0.2) is 0 Å². The fraction of sp³-hybridized carbons (Fsp3) is 0.176. The number of thioether (sulfide) groups is 1. The fourth-order valence-corrected chi connectivity index (χ4v) is 2.91. The molecule has 0 unspecified atom stereocenters. The molecule has 0 heterocycles. The summed E-state index contributed by atoms with van der Waals surface area (Å²) in [6.07, 6.45) is 0. The number of carbonyl (C=O) groups excluding carboxylic acids is 2. The molecule has 3 N–H and O–H groups in total. The molecule has 5 heteroatoms. The van der Waals surface area contributed by atoms with Crippen LogP contribution < -0.4 is 11.1 Å². The van der Waals surface area contributed by atoms with Crippen LogP contribution >= 0.6 is 11.8 Å². The molecule has 0 bridgehead atoms. The highest BCUT2D eigenvalue weighted by Gasteiger charge is 2.13. The highest BCUT2D eigenvalue weighted by molar-refractivity contribution is 8.00. The van der Waals surface area contributed by atoms with Gasteiger partial charge < -0.3 is 11.1 Å². The number of nitrogens with one attached hydrogen (secondary N) is 1. The van der Waals surface area contributed by atoms with Gasteiger partial charge in [-0.2, -0.15) is 0 Å². The second kappa shape index (κ2) is 7.13. The molecule has 2 rings (SSSR count). The van der Waals surface area contributed by atoms with Gasteiger partial charge in [0.2, 0.25) is 5.91 Å². The first-order chi connectivity index (χ1) is 10.5. The molecule has 0 saturated heterocycles. The van der Waals surface area contributed by atoms with E-state index in [0.717, 1.165) is 4.90 Å². The number of anilines is 1. The summed E-state index contributed by atoms with van der Waals surface area (Å²) >= 11 is 1.64. The van der Waals surface area contributed by atoms with Crippen LogP contribution in [0.25, 0.3) is 0 Å². The Morgan fingerprint density at radius 1 is 1.09 bits per heavy atom. The molecule has 22 heavy (non-hydrogen) atoms. The maximum atomic E-state index is 12.5. The minimum atomic E-state index is -0.521. The number of nitrogens with two attached hydrogens (primary N) is 1. The van der Waals surface area contributed by atoms with Crippen molar-refractivity contribution in [3.63, 3.8) is 0 Å². The maximum absolute atomic E-state index is 12.5. The van der Waals surface area contributed by atoms with Crippen LogP contribution in [0.15, 0.2) is 53.4 Å². The van der Waals surface area contributed by atoms with Gasteiger partial charge in [0.15, 0.2) is 0 Å². The summed E-state index contributed by atoms with van der Waals surface area (Å²) in [4.78, 5) is 24.6. The van der Waals surface area contributed by atoms with Crippen LogP contribution in [0.2, 0.25) is 0 Å². The fourth-order valence-electron chi connectivity index (χ4n) is 1.96. The van der Waals surface area contributed by atoms with Crippen molar-refractivity contribution >= 4 is 29.3 Å². The lowest BCUT2D eigenvalue weighted by atomic mass is 10.1. The van der Waals surface area contributed by atoms with E-state index in [0.29, 0.717) is 22.1 Å². The second-order valence-corrected chi connectivity index (χ2v) is 6.68. The minimum absolute atomic E-state index is 0.203. The first-order valence-electron chi connectivity index (χ1n) is 6.94. The van der Waals surface area contributed by atoms with E-state index in [9.17, 15) is 9.59 Å². The molecule has 114 valence electrons. The zero-order chi connectivity index (χ0) is 16.1. The number of primary amides is 1. The van der Waals surface area contributed by atoms with Gasteiger partial charge in [-0.1, -0.05) is 32.0 Å². The van der Waals surface area contributed by atoms with Crippen molar-refractivity contribution < 1.29 is 9.59 Å². The highest BCUT2D eigenvalue weighted by Crippen LogP contribution is 2.27. The molecule has 4 nitrogen and oxygen atoms in total. The number of benzene rings is 2. The van der Waals surface area contributed by atoms with E-state index in [1.807, 2.05) is 18.2 Å². The molecule has 0 fully saturated rings. The van der Waals surface area contributed by atoms with Gasteiger partial charge >= 0.3 is 0 Å². The number of carbonyl (C=O) groups is 2. The summed E-state index contributed by atoms with van der Waals surface area (Å²) in [5.74, 6) is -0.725. The third-order valence-corrected chi connectivity index (χ3v) is 3.98. The molecule has 0 saturated carbocycles. The van der Waals surface area contributed by atoms with Crippen molar-refractivity contribution in [2.24, 2.45) is 5.73 Å². The summed E-state index contributed by atoms with van der Waals surface area (Å²) in [6.45, 7) is 4.16. The van der Waals surface area contributed by atoms with E-state index in [4.69, 9.17) is 5.73 Å². The quantitative estimate of drug-likeness (QED) is 0.829. The highest BCUT2D eigenvalue weighted by atomic mass is 32.2. The first kappa shape index (κ1) is 16.1. The van der Waals surface area contributed by atoms with E-state index in [2.05, 4.69) is 19.2 Å².